The van der Waals surface area contributed by atoms with Crippen LogP contribution < -0.4 is 5.73 Å². The number of aliphatic hydroxyl groups excluding tert-OH is 1. The fourth-order valence-corrected chi connectivity index (χ4v) is 2.52. The highest BCUT2D eigenvalue weighted by Gasteiger charge is 2.16. The summed E-state index contributed by atoms with van der Waals surface area (Å²) in [5, 5.41) is 13.1. The van der Waals surface area contributed by atoms with Crippen LogP contribution >= 0.6 is 11.6 Å². The van der Waals surface area contributed by atoms with E-state index in [0.29, 0.717) is 16.3 Å². The minimum absolute atomic E-state index is 0.478. The van der Waals surface area contributed by atoms with E-state index in [9.17, 15) is 5.11 Å². The highest BCUT2D eigenvalue weighted by molar-refractivity contribution is 6.30. The smallest absolute Gasteiger partial charge is 0.107 e. The second kappa shape index (κ2) is 5.12. The van der Waals surface area contributed by atoms with Crippen molar-refractivity contribution in [2.45, 2.75) is 6.10 Å². The Morgan fingerprint density at radius 2 is 1.95 bits per heavy atom. The minimum Gasteiger partial charge on any atom is -0.398 e. The molecular formula is C16H13ClN2O. The number of rotatable bonds is 2. The fourth-order valence-electron chi connectivity index (χ4n) is 2.34. The molecule has 4 heteroatoms. The number of nitrogens with zero attached hydrogens (tertiary/aromatic N) is 1. The van der Waals surface area contributed by atoms with E-state index in [-0.39, 0.29) is 0 Å². The highest BCUT2D eigenvalue weighted by Crippen LogP contribution is 2.32. The van der Waals surface area contributed by atoms with Crippen molar-refractivity contribution >= 4 is 28.1 Å². The monoisotopic (exact) mass is 284 g/mol. The first-order valence-corrected chi connectivity index (χ1v) is 6.60. The van der Waals surface area contributed by atoms with Gasteiger partial charge in [-0.05, 0) is 29.1 Å². The first-order valence-electron chi connectivity index (χ1n) is 6.22. The van der Waals surface area contributed by atoms with E-state index in [4.69, 9.17) is 17.3 Å². The molecule has 0 fully saturated rings. The van der Waals surface area contributed by atoms with Gasteiger partial charge in [0.25, 0.3) is 0 Å². The van der Waals surface area contributed by atoms with Crippen molar-refractivity contribution in [1.29, 1.82) is 0 Å². The van der Waals surface area contributed by atoms with E-state index in [2.05, 4.69) is 4.98 Å². The van der Waals surface area contributed by atoms with Gasteiger partial charge < -0.3 is 10.8 Å². The maximum Gasteiger partial charge on any atom is 0.107 e. The molecule has 1 atom stereocenters. The van der Waals surface area contributed by atoms with Crippen molar-refractivity contribution in [3.05, 3.63) is 71.0 Å². The van der Waals surface area contributed by atoms with E-state index in [0.717, 1.165) is 16.3 Å². The Hall–Kier alpha value is -2.10. The lowest BCUT2D eigenvalue weighted by Crippen LogP contribution is -2.04. The van der Waals surface area contributed by atoms with Crippen molar-refractivity contribution in [3.63, 3.8) is 0 Å². The first-order chi connectivity index (χ1) is 9.66. The average molecular weight is 285 g/mol. The van der Waals surface area contributed by atoms with Crippen LogP contribution in [0.15, 0.2) is 54.9 Å². The summed E-state index contributed by atoms with van der Waals surface area (Å²) in [6.45, 7) is 0. The summed E-state index contributed by atoms with van der Waals surface area (Å²) in [6, 6.07) is 12.8. The standard InChI is InChI=1S/C16H13ClN2O/c17-11-4-5-13(15(18)8-11)16(20)12-3-1-2-10-6-7-19-9-14(10)12/h1-9,16,20H,18H2. The quantitative estimate of drug-likeness (QED) is 0.708. The zero-order chi connectivity index (χ0) is 14.1. The molecule has 0 radical (unpaired) electrons. The molecule has 0 saturated heterocycles. The third-order valence-electron chi connectivity index (χ3n) is 3.36. The molecular weight excluding hydrogens is 272 g/mol. The molecule has 3 rings (SSSR count). The summed E-state index contributed by atoms with van der Waals surface area (Å²) in [6.07, 6.45) is 2.68. The lowest BCUT2D eigenvalue weighted by atomic mass is 9.96. The average Bonchev–Trinajstić information content (AvgIpc) is 2.46. The van der Waals surface area contributed by atoms with Gasteiger partial charge in [0, 0.05) is 34.1 Å². The molecule has 0 amide bonds. The molecule has 0 bridgehead atoms. The summed E-state index contributed by atoms with van der Waals surface area (Å²) in [4.78, 5) is 4.12. The van der Waals surface area contributed by atoms with Crippen molar-refractivity contribution < 1.29 is 5.11 Å². The van der Waals surface area contributed by atoms with Crippen LogP contribution in [0.5, 0.6) is 0 Å². The number of pyridine rings is 1. The van der Waals surface area contributed by atoms with Crippen molar-refractivity contribution in [2.24, 2.45) is 0 Å². The number of aliphatic hydroxyl groups is 1. The van der Waals surface area contributed by atoms with Gasteiger partial charge in [0.1, 0.15) is 6.10 Å². The number of fused-ring (bicyclic) bond motifs is 1. The molecule has 1 unspecified atom stereocenters. The summed E-state index contributed by atoms with van der Waals surface area (Å²) < 4.78 is 0. The van der Waals surface area contributed by atoms with E-state index in [1.807, 2.05) is 24.3 Å². The largest absolute Gasteiger partial charge is 0.398 e. The molecule has 0 aliphatic heterocycles. The van der Waals surface area contributed by atoms with Gasteiger partial charge in [-0.15, -0.1) is 0 Å². The Balaban J connectivity index is 2.15. The number of halogens is 1. The molecule has 100 valence electrons. The third-order valence-corrected chi connectivity index (χ3v) is 3.59. The Kier molecular flexibility index (Phi) is 3.30. The molecule has 0 spiro atoms. The highest BCUT2D eigenvalue weighted by atomic mass is 35.5. The normalized spacial score (nSPS) is 12.5. The number of benzene rings is 2. The predicted molar refractivity (Wildman–Crippen MR) is 81.7 cm³/mol. The molecule has 1 aromatic heterocycles. The van der Waals surface area contributed by atoms with Gasteiger partial charge in [0.15, 0.2) is 0 Å². The first kappa shape index (κ1) is 12.9. The minimum atomic E-state index is -0.805. The lowest BCUT2D eigenvalue weighted by molar-refractivity contribution is 0.222. The summed E-state index contributed by atoms with van der Waals surface area (Å²) in [5.41, 5.74) is 7.85. The van der Waals surface area contributed by atoms with Gasteiger partial charge in [-0.3, -0.25) is 4.98 Å². The Labute approximate surface area is 121 Å². The van der Waals surface area contributed by atoms with E-state index >= 15 is 0 Å². The summed E-state index contributed by atoms with van der Waals surface area (Å²) in [5.74, 6) is 0. The van der Waals surface area contributed by atoms with Gasteiger partial charge in [-0.2, -0.15) is 0 Å². The van der Waals surface area contributed by atoms with Crippen molar-refractivity contribution in [2.75, 3.05) is 5.73 Å². The van der Waals surface area contributed by atoms with Crippen LogP contribution in [0.4, 0.5) is 5.69 Å². The maximum absolute atomic E-state index is 10.6. The fraction of sp³-hybridized carbons (Fsp3) is 0.0625. The zero-order valence-electron chi connectivity index (χ0n) is 10.6. The second-order valence-electron chi connectivity index (χ2n) is 4.62. The Morgan fingerprint density at radius 1 is 1.10 bits per heavy atom. The molecule has 20 heavy (non-hydrogen) atoms. The number of hydrogen-bond acceptors (Lipinski definition) is 3. The number of aromatic nitrogens is 1. The van der Waals surface area contributed by atoms with Gasteiger partial charge in [-0.25, -0.2) is 0 Å². The number of nitrogen functional groups attached to an aromatic ring is 1. The van der Waals surface area contributed by atoms with Crippen molar-refractivity contribution in [3.8, 4) is 0 Å². The maximum atomic E-state index is 10.6. The molecule has 0 aliphatic rings. The molecule has 0 saturated carbocycles. The summed E-state index contributed by atoms with van der Waals surface area (Å²) >= 11 is 5.89. The van der Waals surface area contributed by atoms with Gasteiger partial charge >= 0.3 is 0 Å². The van der Waals surface area contributed by atoms with Crippen LogP contribution in [0.1, 0.15) is 17.2 Å². The van der Waals surface area contributed by atoms with Crippen LogP contribution in [-0.2, 0) is 0 Å². The SMILES string of the molecule is Nc1cc(Cl)ccc1C(O)c1cccc2ccncc12. The van der Waals surface area contributed by atoms with Gasteiger partial charge in [0.05, 0.1) is 0 Å². The van der Waals surface area contributed by atoms with Crippen LogP contribution in [-0.4, -0.2) is 10.1 Å². The summed E-state index contributed by atoms with van der Waals surface area (Å²) in [7, 11) is 0. The van der Waals surface area contributed by atoms with Gasteiger partial charge in [0.2, 0.25) is 0 Å². The molecule has 3 nitrogen and oxygen atoms in total. The third kappa shape index (κ3) is 2.22. The molecule has 0 aliphatic carbocycles. The van der Waals surface area contributed by atoms with E-state index in [1.54, 1.807) is 30.6 Å². The molecule has 2 aromatic carbocycles. The predicted octanol–water partition coefficient (Wildman–Crippen LogP) is 3.55. The van der Waals surface area contributed by atoms with E-state index < -0.39 is 6.10 Å². The Morgan fingerprint density at radius 3 is 2.75 bits per heavy atom. The molecule has 3 aromatic rings. The zero-order valence-corrected chi connectivity index (χ0v) is 11.4. The van der Waals surface area contributed by atoms with Gasteiger partial charge in [-0.1, -0.05) is 35.9 Å². The lowest BCUT2D eigenvalue weighted by Gasteiger charge is -2.16. The van der Waals surface area contributed by atoms with Crippen LogP contribution in [0.2, 0.25) is 5.02 Å². The topological polar surface area (TPSA) is 59.1 Å². The van der Waals surface area contributed by atoms with Crippen LogP contribution in [0, 0.1) is 0 Å². The number of anilines is 1. The second-order valence-corrected chi connectivity index (χ2v) is 5.06. The van der Waals surface area contributed by atoms with Crippen LogP contribution in [0.25, 0.3) is 10.8 Å². The van der Waals surface area contributed by atoms with Crippen LogP contribution in [0.3, 0.4) is 0 Å². The van der Waals surface area contributed by atoms with Crippen molar-refractivity contribution in [1.82, 2.24) is 4.98 Å². The molecule has 3 N–H and O–H groups in total. The van der Waals surface area contributed by atoms with E-state index in [1.165, 1.54) is 0 Å². The number of nitrogens with two attached hydrogens (primary N) is 1. The molecule has 1 heterocycles. The Bertz CT molecular complexity index is 768. The number of hydrogen-bond donors (Lipinski definition) is 2.